The molecule has 6 nitrogen and oxygen atoms in total. The van der Waals surface area contributed by atoms with Gasteiger partial charge in [0.1, 0.15) is 10.6 Å². The summed E-state index contributed by atoms with van der Waals surface area (Å²) in [6.45, 7) is 3.74. The van der Waals surface area contributed by atoms with E-state index in [4.69, 9.17) is 8.60 Å². The van der Waals surface area contributed by atoms with Crippen molar-refractivity contribution in [1.82, 2.24) is 0 Å². The Labute approximate surface area is 151 Å². The maximum Gasteiger partial charge on any atom is 0.339 e. The van der Waals surface area contributed by atoms with Crippen LogP contribution in [0.3, 0.4) is 0 Å². The fraction of sp³-hybridized carbons (Fsp3) is 0.105. The zero-order valence-electron chi connectivity index (χ0n) is 14.2. The van der Waals surface area contributed by atoms with Crippen LogP contribution in [0.2, 0.25) is 0 Å². The Morgan fingerprint density at radius 2 is 1.73 bits per heavy atom. The second-order valence-electron chi connectivity index (χ2n) is 5.74. The molecule has 0 radical (unpaired) electrons. The number of nitrogens with one attached hydrogen (secondary N) is 1. The van der Waals surface area contributed by atoms with Gasteiger partial charge < -0.3 is 13.9 Å². The molecule has 0 unspecified atom stereocenters. The lowest BCUT2D eigenvalue weighted by atomic mass is 10.1. The van der Waals surface area contributed by atoms with E-state index in [0.717, 1.165) is 11.1 Å². The Balaban J connectivity index is 1.72. The Bertz CT molecular complexity index is 1020. The molecular weight excluding hydrogens is 354 g/mol. The Hall–Kier alpha value is -3.06. The SMILES string of the molecule is Cc1ccc(S(=O)(=O)Oc2ccc(NC(=O)c3ccco3)cc2)cc1C. The number of aryl methyl sites for hydroxylation is 2. The van der Waals surface area contributed by atoms with E-state index >= 15 is 0 Å². The Morgan fingerprint density at radius 1 is 1.00 bits per heavy atom. The highest BCUT2D eigenvalue weighted by Crippen LogP contribution is 2.22. The van der Waals surface area contributed by atoms with Gasteiger partial charge in [-0.05, 0) is 73.5 Å². The summed E-state index contributed by atoms with van der Waals surface area (Å²) in [6.07, 6.45) is 1.41. The number of hydrogen-bond acceptors (Lipinski definition) is 5. The van der Waals surface area contributed by atoms with Crippen molar-refractivity contribution >= 4 is 21.7 Å². The largest absolute Gasteiger partial charge is 0.459 e. The number of amides is 1. The maximum absolute atomic E-state index is 12.4. The predicted molar refractivity (Wildman–Crippen MR) is 96.8 cm³/mol. The molecule has 7 heteroatoms. The molecule has 0 saturated heterocycles. The van der Waals surface area contributed by atoms with Gasteiger partial charge in [0.15, 0.2) is 5.76 Å². The van der Waals surface area contributed by atoms with Crippen molar-refractivity contribution < 1.29 is 21.8 Å². The molecule has 1 heterocycles. The fourth-order valence-electron chi connectivity index (χ4n) is 2.24. The lowest BCUT2D eigenvalue weighted by Crippen LogP contribution is -2.11. The van der Waals surface area contributed by atoms with E-state index in [9.17, 15) is 13.2 Å². The van der Waals surface area contributed by atoms with Gasteiger partial charge in [0.25, 0.3) is 5.91 Å². The topological polar surface area (TPSA) is 85.6 Å². The van der Waals surface area contributed by atoms with Gasteiger partial charge in [-0.15, -0.1) is 0 Å². The third-order valence-electron chi connectivity index (χ3n) is 3.83. The lowest BCUT2D eigenvalue weighted by molar-refractivity contribution is 0.0996. The standard InChI is InChI=1S/C19H17NO5S/c1-13-5-10-17(12-14(13)2)26(22,23)25-16-8-6-15(7-9-16)20-19(21)18-4-3-11-24-18/h3-12H,1-2H3,(H,20,21). The number of hydrogen-bond donors (Lipinski definition) is 1. The third kappa shape index (κ3) is 3.94. The minimum Gasteiger partial charge on any atom is -0.459 e. The number of carbonyl (C=O) groups is 1. The summed E-state index contributed by atoms with van der Waals surface area (Å²) < 4.78 is 34.9. The van der Waals surface area contributed by atoms with Gasteiger partial charge in [-0.25, -0.2) is 0 Å². The van der Waals surface area contributed by atoms with E-state index in [2.05, 4.69) is 5.32 Å². The maximum atomic E-state index is 12.4. The van der Waals surface area contributed by atoms with E-state index in [-0.39, 0.29) is 16.4 Å². The number of anilines is 1. The number of rotatable bonds is 5. The summed E-state index contributed by atoms with van der Waals surface area (Å²) in [5.41, 5.74) is 2.36. The summed E-state index contributed by atoms with van der Waals surface area (Å²) in [4.78, 5) is 12.0. The minimum absolute atomic E-state index is 0.0933. The fourth-order valence-corrected chi connectivity index (χ4v) is 3.26. The molecule has 0 fully saturated rings. The van der Waals surface area contributed by atoms with Crippen LogP contribution in [0.15, 0.2) is 70.2 Å². The average Bonchev–Trinajstić information content (AvgIpc) is 3.13. The average molecular weight is 371 g/mol. The van der Waals surface area contributed by atoms with Crippen molar-refractivity contribution in [2.45, 2.75) is 18.7 Å². The van der Waals surface area contributed by atoms with Crippen LogP contribution in [0.5, 0.6) is 5.75 Å². The number of furan rings is 1. The van der Waals surface area contributed by atoms with Gasteiger partial charge in [-0.1, -0.05) is 6.07 Å². The second-order valence-corrected chi connectivity index (χ2v) is 7.29. The van der Waals surface area contributed by atoms with Gasteiger partial charge in [0, 0.05) is 5.69 Å². The van der Waals surface area contributed by atoms with Crippen LogP contribution in [0.1, 0.15) is 21.7 Å². The molecule has 0 atom stereocenters. The quantitative estimate of drug-likeness (QED) is 0.687. The minimum atomic E-state index is -3.93. The van der Waals surface area contributed by atoms with Crippen LogP contribution < -0.4 is 9.50 Å². The van der Waals surface area contributed by atoms with Crippen LogP contribution >= 0.6 is 0 Å². The summed E-state index contributed by atoms with van der Waals surface area (Å²) in [5, 5.41) is 2.64. The normalized spacial score (nSPS) is 11.2. The molecular formula is C19H17NO5S. The highest BCUT2D eigenvalue weighted by Gasteiger charge is 2.17. The third-order valence-corrected chi connectivity index (χ3v) is 5.07. The zero-order chi connectivity index (χ0) is 18.7. The molecule has 1 aromatic heterocycles. The van der Waals surface area contributed by atoms with E-state index in [1.54, 1.807) is 36.4 Å². The Kier molecular flexibility index (Phi) is 4.81. The smallest absolute Gasteiger partial charge is 0.339 e. The number of benzene rings is 2. The van der Waals surface area contributed by atoms with E-state index in [0.29, 0.717) is 5.69 Å². The molecule has 134 valence electrons. The summed E-state index contributed by atoms with van der Waals surface area (Å²) in [5.74, 6) is -0.0618. The molecule has 0 aliphatic heterocycles. The van der Waals surface area contributed by atoms with Gasteiger partial charge in [-0.3, -0.25) is 4.79 Å². The lowest BCUT2D eigenvalue weighted by Gasteiger charge is -2.09. The van der Waals surface area contributed by atoms with Gasteiger partial charge in [0.2, 0.25) is 0 Å². The highest BCUT2D eigenvalue weighted by atomic mass is 32.2. The van der Waals surface area contributed by atoms with Gasteiger partial charge in [0.05, 0.1) is 6.26 Å². The number of carbonyl (C=O) groups excluding carboxylic acids is 1. The molecule has 0 bridgehead atoms. The van der Waals surface area contributed by atoms with Gasteiger partial charge in [-0.2, -0.15) is 8.42 Å². The first kappa shape index (κ1) is 17.8. The first-order valence-corrected chi connectivity index (χ1v) is 9.23. The van der Waals surface area contributed by atoms with Crippen LogP contribution in [0.25, 0.3) is 0 Å². The first-order valence-electron chi connectivity index (χ1n) is 7.82. The van der Waals surface area contributed by atoms with E-state index in [1.807, 2.05) is 13.8 Å². The Morgan fingerprint density at radius 3 is 2.35 bits per heavy atom. The van der Waals surface area contributed by atoms with Crippen LogP contribution in [0.4, 0.5) is 5.69 Å². The van der Waals surface area contributed by atoms with Crippen molar-refractivity contribution in [2.75, 3.05) is 5.32 Å². The molecule has 1 amide bonds. The second kappa shape index (κ2) is 7.05. The van der Waals surface area contributed by atoms with Crippen molar-refractivity contribution in [3.63, 3.8) is 0 Å². The molecule has 26 heavy (non-hydrogen) atoms. The van der Waals surface area contributed by atoms with E-state index in [1.165, 1.54) is 24.5 Å². The van der Waals surface area contributed by atoms with Crippen LogP contribution in [0, 0.1) is 13.8 Å². The monoisotopic (exact) mass is 371 g/mol. The molecule has 0 saturated carbocycles. The summed E-state index contributed by atoms with van der Waals surface area (Å²) in [7, 11) is -3.93. The molecule has 3 aromatic rings. The first-order chi connectivity index (χ1) is 12.3. The molecule has 3 rings (SSSR count). The van der Waals surface area contributed by atoms with Crippen molar-refractivity contribution in [3.8, 4) is 5.75 Å². The molecule has 2 aromatic carbocycles. The van der Waals surface area contributed by atoms with E-state index < -0.39 is 16.0 Å². The molecule has 0 aliphatic rings. The molecule has 0 spiro atoms. The zero-order valence-corrected chi connectivity index (χ0v) is 15.0. The van der Waals surface area contributed by atoms with Crippen LogP contribution in [-0.2, 0) is 10.1 Å². The van der Waals surface area contributed by atoms with Crippen LogP contribution in [-0.4, -0.2) is 14.3 Å². The molecule has 0 aliphatic carbocycles. The van der Waals surface area contributed by atoms with Crippen molar-refractivity contribution in [3.05, 3.63) is 77.7 Å². The van der Waals surface area contributed by atoms with Crippen molar-refractivity contribution in [2.24, 2.45) is 0 Å². The van der Waals surface area contributed by atoms with Gasteiger partial charge >= 0.3 is 10.1 Å². The molecule has 1 N–H and O–H groups in total. The summed E-state index contributed by atoms with van der Waals surface area (Å²) >= 11 is 0. The summed E-state index contributed by atoms with van der Waals surface area (Å²) in [6, 6.07) is 14.0. The highest BCUT2D eigenvalue weighted by molar-refractivity contribution is 7.87. The van der Waals surface area contributed by atoms with Crippen molar-refractivity contribution in [1.29, 1.82) is 0 Å². The predicted octanol–water partition coefficient (Wildman–Crippen LogP) is 3.92.